The van der Waals surface area contributed by atoms with Crippen LogP contribution in [0.1, 0.15) is 29.2 Å². The highest BCUT2D eigenvalue weighted by Crippen LogP contribution is 2.32. The zero-order chi connectivity index (χ0) is 19.8. The molecule has 0 atom stereocenters. The Labute approximate surface area is 162 Å². The molecule has 1 aromatic carbocycles. The molecule has 3 rings (SSSR count). The molecule has 2 heterocycles. The van der Waals surface area contributed by atoms with E-state index in [2.05, 4.69) is 27.0 Å². The summed E-state index contributed by atoms with van der Waals surface area (Å²) in [7, 11) is 0. The molecular weight excluding hydrogens is 419 g/mol. The molecule has 0 spiro atoms. The largest absolute Gasteiger partial charge is 0.416 e. The van der Waals surface area contributed by atoms with E-state index in [1.54, 1.807) is 49.0 Å². The maximum Gasteiger partial charge on any atom is 0.416 e. The van der Waals surface area contributed by atoms with Gasteiger partial charge in [-0.15, -0.1) is 0 Å². The highest BCUT2D eigenvalue weighted by molar-refractivity contribution is 9.10. The lowest BCUT2D eigenvalue weighted by molar-refractivity contribution is -0.137. The van der Waals surface area contributed by atoms with E-state index in [9.17, 15) is 13.2 Å². The number of nitriles is 1. The third-order valence-corrected chi connectivity index (χ3v) is 4.76. The first-order chi connectivity index (χ1) is 12.7. The molecule has 0 fully saturated rings. The molecule has 0 aliphatic rings. The normalized spacial score (nSPS) is 12.4. The van der Waals surface area contributed by atoms with Gasteiger partial charge in [-0.3, -0.25) is 0 Å². The van der Waals surface area contributed by atoms with Gasteiger partial charge >= 0.3 is 6.18 Å². The molecule has 138 valence electrons. The molecule has 0 amide bonds. The molecule has 0 aliphatic heterocycles. The van der Waals surface area contributed by atoms with Gasteiger partial charge in [0.15, 0.2) is 0 Å². The third kappa shape index (κ3) is 4.06. The predicted octanol–water partition coefficient (Wildman–Crippen LogP) is 6.10. The van der Waals surface area contributed by atoms with Crippen molar-refractivity contribution in [2.24, 2.45) is 0 Å². The number of alkyl halides is 3. The Bertz CT molecular complexity index is 1090. The smallest absolute Gasteiger partial charge is 0.327 e. The number of allylic oxidation sites excluding steroid dienone is 1. The van der Waals surface area contributed by atoms with Gasteiger partial charge < -0.3 is 4.57 Å². The summed E-state index contributed by atoms with van der Waals surface area (Å²) in [5.74, 6) is 0. The van der Waals surface area contributed by atoms with Crippen LogP contribution in [0.4, 0.5) is 13.2 Å². The lowest BCUT2D eigenvalue weighted by Crippen LogP contribution is -2.07. The summed E-state index contributed by atoms with van der Waals surface area (Å²) in [6.07, 6.45) is 0.783. The number of pyridine rings is 1. The molecule has 0 unspecified atom stereocenters. The van der Waals surface area contributed by atoms with Crippen LogP contribution in [0.3, 0.4) is 0 Å². The standard InChI is InChI=1S/C20H15BrF3N3/c1-12-5-14(8-16(7-12)20(22,23)24)10-27-11-15(6-13(2)9-25)18-17(21)3-4-26-19(18)27/h3-8,11H,10H2,1-2H3/b13-6-. The molecule has 0 saturated heterocycles. The summed E-state index contributed by atoms with van der Waals surface area (Å²) >= 11 is 3.49. The van der Waals surface area contributed by atoms with E-state index in [1.807, 2.05) is 0 Å². The fraction of sp³-hybridized carbons (Fsp3) is 0.200. The number of halogens is 4. The van der Waals surface area contributed by atoms with Crippen molar-refractivity contribution in [1.29, 1.82) is 5.26 Å². The molecule has 27 heavy (non-hydrogen) atoms. The molecule has 0 saturated carbocycles. The molecule has 0 bridgehead atoms. The summed E-state index contributed by atoms with van der Waals surface area (Å²) < 4.78 is 42.0. The third-order valence-electron chi connectivity index (χ3n) is 4.10. The highest BCUT2D eigenvalue weighted by atomic mass is 79.9. The molecular formula is C20H15BrF3N3. The summed E-state index contributed by atoms with van der Waals surface area (Å²) in [6.45, 7) is 3.58. The van der Waals surface area contributed by atoms with Crippen LogP contribution in [0.2, 0.25) is 0 Å². The van der Waals surface area contributed by atoms with Gasteiger partial charge in [-0.2, -0.15) is 18.4 Å². The van der Waals surface area contributed by atoms with Gasteiger partial charge in [0.1, 0.15) is 5.65 Å². The van der Waals surface area contributed by atoms with Gasteiger partial charge in [0.2, 0.25) is 0 Å². The van der Waals surface area contributed by atoms with E-state index in [4.69, 9.17) is 5.26 Å². The van der Waals surface area contributed by atoms with Crippen molar-refractivity contribution in [3.05, 3.63) is 69.0 Å². The maximum absolute atomic E-state index is 13.1. The van der Waals surface area contributed by atoms with Gasteiger partial charge in [-0.05, 0) is 59.6 Å². The first-order valence-corrected chi connectivity index (χ1v) is 8.88. The summed E-state index contributed by atoms with van der Waals surface area (Å²) in [6, 6.07) is 7.90. The van der Waals surface area contributed by atoms with Gasteiger partial charge in [0, 0.05) is 39.9 Å². The number of benzene rings is 1. The quantitative estimate of drug-likeness (QED) is 0.468. The van der Waals surface area contributed by atoms with Crippen molar-refractivity contribution >= 4 is 33.0 Å². The summed E-state index contributed by atoms with van der Waals surface area (Å²) in [5, 5.41) is 9.87. The van der Waals surface area contributed by atoms with E-state index >= 15 is 0 Å². The Morgan fingerprint density at radius 1 is 1.33 bits per heavy atom. The number of aryl methyl sites for hydroxylation is 1. The number of aromatic nitrogens is 2. The number of hydrogen-bond donors (Lipinski definition) is 0. The van der Waals surface area contributed by atoms with Crippen LogP contribution in [0.15, 0.2) is 46.7 Å². The van der Waals surface area contributed by atoms with E-state index in [0.717, 1.165) is 27.6 Å². The predicted molar refractivity (Wildman–Crippen MR) is 102 cm³/mol. The van der Waals surface area contributed by atoms with E-state index < -0.39 is 11.7 Å². The van der Waals surface area contributed by atoms with Crippen LogP contribution >= 0.6 is 15.9 Å². The SMILES string of the molecule is C/C(C#N)=C/c1cn(Cc2cc(C)cc(C(F)(F)F)c2)c2nccc(Br)c12. The first-order valence-electron chi connectivity index (χ1n) is 8.08. The van der Waals surface area contributed by atoms with Crippen LogP contribution in [-0.4, -0.2) is 9.55 Å². The van der Waals surface area contributed by atoms with E-state index in [0.29, 0.717) is 22.3 Å². The average molecular weight is 434 g/mol. The van der Waals surface area contributed by atoms with Gasteiger partial charge in [-0.25, -0.2) is 4.98 Å². The number of nitrogens with zero attached hydrogens (tertiary/aromatic N) is 3. The van der Waals surface area contributed by atoms with Crippen molar-refractivity contribution < 1.29 is 13.2 Å². The monoisotopic (exact) mass is 433 g/mol. The Balaban J connectivity index is 2.13. The fourth-order valence-electron chi connectivity index (χ4n) is 3.02. The van der Waals surface area contributed by atoms with Crippen LogP contribution in [-0.2, 0) is 12.7 Å². The molecule has 3 aromatic rings. The zero-order valence-electron chi connectivity index (χ0n) is 14.6. The maximum atomic E-state index is 13.1. The van der Waals surface area contributed by atoms with Gasteiger partial charge in [0.25, 0.3) is 0 Å². The van der Waals surface area contributed by atoms with E-state index in [-0.39, 0.29) is 6.54 Å². The zero-order valence-corrected chi connectivity index (χ0v) is 16.2. The molecule has 3 nitrogen and oxygen atoms in total. The van der Waals surface area contributed by atoms with Crippen molar-refractivity contribution in [3.63, 3.8) is 0 Å². The second-order valence-corrected chi connectivity index (χ2v) is 7.20. The minimum absolute atomic E-state index is 0.240. The molecule has 2 aromatic heterocycles. The van der Waals surface area contributed by atoms with Crippen LogP contribution < -0.4 is 0 Å². The second kappa shape index (κ2) is 7.20. The molecule has 7 heteroatoms. The fourth-order valence-corrected chi connectivity index (χ4v) is 3.54. The minimum Gasteiger partial charge on any atom is -0.327 e. The summed E-state index contributed by atoms with van der Waals surface area (Å²) in [5.41, 5.74) is 2.37. The van der Waals surface area contributed by atoms with Crippen molar-refractivity contribution in [2.45, 2.75) is 26.6 Å². The van der Waals surface area contributed by atoms with Crippen LogP contribution in [0, 0.1) is 18.3 Å². The second-order valence-electron chi connectivity index (χ2n) is 6.35. The van der Waals surface area contributed by atoms with Crippen molar-refractivity contribution in [2.75, 3.05) is 0 Å². The minimum atomic E-state index is -4.39. The Morgan fingerprint density at radius 2 is 2.07 bits per heavy atom. The molecule has 0 aliphatic carbocycles. The molecule has 0 N–H and O–H groups in total. The first kappa shape index (κ1) is 19.2. The Hall–Kier alpha value is -2.59. The lowest BCUT2D eigenvalue weighted by Gasteiger charge is -2.11. The Morgan fingerprint density at radius 3 is 2.74 bits per heavy atom. The number of fused-ring (bicyclic) bond motifs is 1. The average Bonchev–Trinajstić information content (AvgIpc) is 2.92. The van der Waals surface area contributed by atoms with E-state index in [1.165, 1.54) is 0 Å². The highest BCUT2D eigenvalue weighted by Gasteiger charge is 2.30. The van der Waals surface area contributed by atoms with Gasteiger partial charge in [-0.1, -0.05) is 11.6 Å². The number of rotatable bonds is 3. The lowest BCUT2D eigenvalue weighted by atomic mass is 10.1. The Kier molecular flexibility index (Phi) is 5.11. The van der Waals surface area contributed by atoms with Crippen LogP contribution in [0.25, 0.3) is 17.1 Å². The summed E-state index contributed by atoms with van der Waals surface area (Å²) in [4.78, 5) is 4.38. The van der Waals surface area contributed by atoms with Crippen molar-refractivity contribution in [1.82, 2.24) is 9.55 Å². The van der Waals surface area contributed by atoms with Crippen LogP contribution in [0.5, 0.6) is 0 Å². The van der Waals surface area contributed by atoms with Gasteiger partial charge in [0.05, 0.1) is 11.6 Å². The van der Waals surface area contributed by atoms with Crippen molar-refractivity contribution in [3.8, 4) is 6.07 Å². The molecule has 0 radical (unpaired) electrons. The topological polar surface area (TPSA) is 41.6 Å². The number of hydrogen-bond acceptors (Lipinski definition) is 2.